The van der Waals surface area contributed by atoms with E-state index in [1.54, 1.807) is 24.3 Å². The fourth-order valence-corrected chi connectivity index (χ4v) is 2.18. The van der Waals surface area contributed by atoms with Crippen molar-refractivity contribution in [3.63, 3.8) is 0 Å². The lowest BCUT2D eigenvalue weighted by molar-refractivity contribution is -0.139. The Morgan fingerprint density at radius 1 is 1.69 bits per heavy atom. The van der Waals surface area contributed by atoms with Crippen LogP contribution in [0.25, 0.3) is 0 Å². The molecule has 1 aromatic rings. The second kappa shape index (κ2) is 6.03. The molecule has 5 heteroatoms. The van der Waals surface area contributed by atoms with Gasteiger partial charge in [-0.2, -0.15) is 0 Å². The van der Waals surface area contributed by atoms with Crippen molar-refractivity contribution in [1.29, 1.82) is 0 Å². The maximum absolute atomic E-state index is 11.1. The summed E-state index contributed by atoms with van der Waals surface area (Å²) in [5, 5.41) is 12.5. The molecule has 0 spiro atoms. The van der Waals surface area contributed by atoms with E-state index < -0.39 is 12.0 Å². The molecule has 1 rings (SSSR count). The van der Waals surface area contributed by atoms with E-state index in [0.717, 1.165) is 0 Å². The summed E-state index contributed by atoms with van der Waals surface area (Å²) in [5.74, 6) is -0.940. The number of carbonyl (C=O) groups is 1. The molecule has 0 aromatic heterocycles. The zero-order valence-corrected chi connectivity index (χ0v) is 10.8. The first-order valence-corrected chi connectivity index (χ1v) is 5.75. The van der Waals surface area contributed by atoms with Crippen LogP contribution in [0.3, 0.4) is 0 Å². The van der Waals surface area contributed by atoms with Gasteiger partial charge in [-0.05, 0) is 17.7 Å². The largest absolute Gasteiger partial charge is 0.480 e. The maximum atomic E-state index is 11.1. The Balaban J connectivity index is 3.00. The fraction of sp³-hybridized carbons (Fsp3) is 0.182. The highest BCUT2D eigenvalue weighted by Crippen LogP contribution is 2.26. The van der Waals surface area contributed by atoms with Crippen LogP contribution in [0.1, 0.15) is 11.6 Å². The molecule has 1 unspecified atom stereocenters. The molecule has 0 fully saturated rings. The molecule has 0 aliphatic rings. The predicted molar refractivity (Wildman–Crippen MR) is 67.7 cm³/mol. The van der Waals surface area contributed by atoms with Crippen molar-refractivity contribution < 1.29 is 9.90 Å². The van der Waals surface area contributed by atoms with Crippen LogP contribution in [0, 0.1) is 0 Å². The van der Waals surface area contributed by atoms with Crippen molar-refractivity contribution in [2.24, 2.45) is 0 Å². The zero-order chi connectivity index (χ0) is 12.1. The van der Waals surface area contributed by atoms with Gasteiger partial charge in [0.1, 0.15) is 6.04 Å². The molecule has 0 aliphatic carbocycles. The predicted octanol–water partition coefficient (Wildman–Crippen LogP) is 3.00. The minimum atomic E-state index is -0.940. The molecule has 0 aliphatic heterocycles. The number of rotatable bonds is 5. The van der Waals surface area contributed by atoms with Crippen LogP contribution in [0.2, 0.25) is 5.02 Å². The van der Waals surface area contributed by atoms with E-state index in [1.807, 2.05) is 0 Å². The van der Waals surface area contributed by atoms with Gasteiger partial charge in [-0.1, -0.05) is 39.7 Å². The van der Waals surface area contributed by atoms with Crippen LogP contribution in [-0.4, -0.2) is 17.6 Å². The molecular weight excluding hydrogens is 293 g/mol. The van der Waals surface area contributed by atoms with Crippen molar-refractivity contribution in [3.05, 3.63) is 45.9 Å². The minimum absolute atomic E-state index is 0.423. The number of carboxylic acid groups (broad SMARTS) is 1. The average Bonchev–Trinajstić information content (AvgIpc) is 2.20. The molecule has 86 valence electrons. The van der Waals surface area contributed by atoms with Crippen molar-refractivity contribution in [2.75, 3.05) is 6.54 Å². The van der Waals surface area contributed by atoms with Crippen LogP contribution in [0.4, 0.5) is 0 Å². The number of benzene rings is 1. The summed E-state index contributed by atoms with van der Waals surface area (Å²) in [6.45, 7) is 3.96. The average molecular weight is 305 g/mol. The number of halogens is 2. The van der Waals surface area contributed by atoms with Crippen LogP contribution < -0.4 is 5.32 Å². The lowest BCUT2D eigenvalue weighted by Crippen LogP contribution is -2.28. The van der Waals surface area contributed by atoms with Crippen molar-refractivity contribution >= 4 is 33.5 Å². The van der Waals surface area contributed by atoms with E-state index >= 15 is 0 Å². The van der Waals surface area contributed by atoms with Crippen LogP contribution in [-0.2, 0) is 4.79 Å². The molecule has 0 saturated carbocycles. The van der Waals surface area contributed by atoms with E-state index in [4.69, 9.17) is 16.7 Å². The van der Waals surface area contributed by atoms with Gasteiger partial charge in [0.05, 0.1) is 0 Å². The Kier molecular flexibility index (Phi) is 4.99. The summed E-state index contributed by atoms with van der Waals surface area (Å²) < 4.78 is 0.670. The topological polar surface area (TPSA) is 49.3 Å². The normalized spacial score (nSPS) is 12.1. The molecule has 0 heterocycles. The standard InChI is InChI=1S/C11H11BrClNO2/c1-2-5-14-10(11(15)16)8-4-3-7(13)6-9(8)12/h2-4,6,10,14H,1,5H2,(H,15,16). The summed E-state index contributed by atoms with van der Waals surface area (Å²) in [4.78, 5) is 11.1. The molecule has 0 radical (unpaired) electrons. The Morgan fingerprint density at radius 2 is 2.38 bits per heavy atom. The van der Waals surface area contributed by atoms with Crippen molar-refractivity contribution in [3.8, 4) is 0 Å². The highest BCUT2D eigenvalue weighted by molar-refractivity contribution is 9.10. The van der Waals surface area contributed by atoms with Gasteiger partial charge < -0.3 is 5.11 Å². The fourth-order valence-electron chi connectivity index (χ4n) is 1.27. The molecule has 0 saturated heterocycles. The maximum Gasteiger partial charge on any atom is 0.325 e. The van der Waals surface area contributed by atoms with Gasteiger partial charge in [-0.25, -0.2) is 0 Å². The molecule has 1 atom stereocenters. The third-order valence-electron chi connectivity index (χ3n) is 1.99. The second-order valence-corrected chi connectivity index (χ2v) is 4.42. The van der Waals surface area contributed by atoms with E-state index in [0.29, 0.717) is 21.6 Å². The molecule has 3 nitrogen and oxygen atoms in total. The van der Waals surface area contributed by atoms with Crippen molar-refractivity contribution in [1.82, 2.24) is 5.32 Å². The molecule has 16 heavy (non-hydrogen) atoms. The number of nitrogens with one attached hydrogen (secondary N) is 1. The summed E-state index contributed by atoms with van der Waals surface area (Å²) in [7, 11) is 0. The Labute approximate surface area is 107 Å². The first kappa shape index (κ1) is 13.2. The molecule has 2 N–H and O–H groups in total. The highest BCUT2D eigenvalue weighted by atomic mass is 79.9. The minimum Gasteiger partial charge on any atom is -0.480 e. The van der Waals surface area contributed by atoms with Crippen LogP contribution in [0.5, 0.6) is 0 Å². The third kappa shape index (κ3) is 3.33. The van der Waals surface area contributed by atoms with E-state index in [-0.39, 0.29) is 0 Å². The van der Waals surface area contributed by atoms with E-state index in [1.165, 1.54) is 0 Å². The van der Waals surface area contributed by atoms with E-state index in [2.05, 4.69) is 27.8 Å². The van der Waals surface area contributed by atoms with Crippen LogP contribution in [0.15, 0.2) is 35.3 Å². The Morgan fingerprint density at radius 3 is 2.88 bits per heavy atom. The third-order valence-corrected chi connectivity index (χ3v) is 2.91. The molecule has 1 aromatic carbocycles. The number of hydrogen-bond donors (Lipinski definition) is 2. The number of hydrogen-bond acceptors (Lipinski definition) is 2. The van der Waals surface area contributed by atoms with Gasteiger partial charge in [0, 0.05) is 16.0 Å². The Bertz CT molecular complexity index is 409. The van der Waals surface area contributed by atoms with Gasteiger partial charge in [0.15, 0.2) is 0 Å². The first-order valence-electron chi connectivity index (χ1n) is 4.58. The summed E-state index contributed by atoms with van der Waals surface area (Å²) in [5.41, 5.74) is 0.638. The Hall–Kier alpha value is -0.840. The second-order valence-electron chi connectivity index (χ2n) is 3.13. The summed E-state index contributed by atoms with van der Waals surface area (Å²) in [6.07, 6.45) is 1.61. The number of aliphatic carboxylic acids is 1. The van der Waals surface area contributed by atoms with Crippen LogP contribution >= 0.6 is 27.5 Å². The van der Waals surface area contributed by atoms with Gasteiger partial charge >= 0.3 is 5.97 Å². The van der Waals surface area contributed by atoms with Gasteiger partial charge in [0.25, 0.3) is 0 Å². The summed E-state index contributed by atoms with van der Waals surface area (Å²) in [6, 6.07) is 4.24. The SMILES string of the molecule is C=CCNC(C(=O)O)c1ccc(Cl)cc1Br. The molecular formula is C11H11BrClNO2. The smallest absolute Gasteiger partial charge is 0.325 e. The highest BCUT2D eigenvalue weighted by Gasteiger charge is 2.20. The first-order chi connectivity index (χ1) is 7.56. The lowest BCUT2D eigenvalue weighted by atomic mass is 10.1. The summed E-state index contributed by atoms with van der Waals surface area (Å²) >= 11 is 9.09. The number of carboxylic acids is 1. The van der Waals surface area contributed by atoms with Gasteiger partial charge in [-0.3, -0.25) is 10.1 Å². The molecule has 0 bridgehead atoms. The van der Waals surface area contributed by atoms with Gasteiger partial charge in [0.2, 0.25) is 0 Å². The van der Waals surface area contributed by atoms with E-state index in [9.17, 15) is 4.79 Å². The quantitative estimate of drug-likeness (QED) is 0.822. The lowest BCUT2D eigenvalue weighted by Gasteiger charge is -2.15. The van der Waals surface area contributed by atoms with Gasteiger partial charge in [-0.15, -0.1) is 6.58 Å². The zero-order valence-electron chi connectivity index (χ0n) is 8.41. The molecule has 0 amide bonds. The van der Waals surface area contributed by atoms with Crippen molar-refractivity contribution in [2.45, 2.75) is 6.04 Å². The monoisotopic (exact) mass is 303 g/mol.